The zero-order valence-corrected chi connectivity index (χ0v) is 12.8. The number of amides is 1. The fourth-order valence-electron chi connectivity index (χ4n) is 2.69. The van der Waals surface area contributed by atoms with E-state index in [1.807, 2.05) is 30.3 Å². The van der Waals surface area contributed by atoms with Crippen LogP contribution in [0.3, 0.4) is 0 Å². The highest BCUT2D eigenvalue weighted by molar-refractivity contribution is 5.88. The van der Waals surface area contributed by atoms with E-state index in [0.717, 1.165) is 42.3 Å². The van der Waals surface area contributed by atoms with E-state index < -0.39 is 0 Å². The molecule has 0 saturated carbocycles. The molecular weight excluding hydrogens is 280 g/mol. The number of benzene rings is 1. The molecule has 1 aromatic heterocycles. The van der Waals surface area contributed by atoms with Crippen molar-refractivity contribution in [3.8, 4) is 5.75 Å². The van der Waals surface area contributed by atoms with Crippen LogP contribution in [-0.4, -0.2) is 24.4 Å². The van der Waals surface area contributed by atoms with Crippen molar-refractivity contribution in [2.75, 3.05) is 18.9 Å². The van der Waals surface area contributed by atoms with Crippen LogP contribution in [0.2, 0.25) is 0 Å². The maximum absolute atomic E-state index is 11.0. The second-order valence-electron chi connectivity index (χ2n) is 5.64. The van der Waals surface area contributed by atoms with E-state index in [2.05, 4.69) is 17.3 Å². The largest absolute Gasteiger partial charge is 0.486 e. The third-order valence-electron chi connectivity index (χ3n) is 3.77. The standard InChI is InChI=1S/C17H20N2O3/c1-12(20)18-13-3-5-14(6-4-13)22-16-7-9-19(2)11-17-15(16)8-10-21-17/h3-6,8,10,16H,7,9,11H2,1-2H3,(H,18,20). The monoisotopic (exact) mass is 300 g/mol. The predicted octanol–water partition coefficient (Wildman–Crippen LogP) is 3.19. The molecule has 0 fully saturated rings. The van der Waals surface area contributed by atoms with Gasteiger partial charge in [-0.1, -0.05) is 0 Å². The normalized spacial score (nSPS) is 18.4. The van der Waals surface area contributed by atoms with Crippen LogP contribution in [0.1, 0.15) is 30.8 Å². The topological polar surface area (TPSA) is 54.7 Å². The van der Waals surface area contributed by atoms with Crippen LogP contribution in [0.5, 0.6) is 5.75 Å². The van der Waals surface area contributed by atoms with Gasteiger partial charge in [0.05, 0.1) is 12.8 Å². The number of rotatable bonds is 3. The van der Waals surface area contributed by atoms with E-state index in [0.29, 0.717) is 0 Å². The quantitative estimate of drug-likeness (QED) is 0.946. The second-order valence-corrected chi connectivity index (χ2v) is 5.64. The Bertz CT molecular complexity index is 648. The molecule has 0 bridgehead atoms. The summed E-state index contributed by atoms with van der Waals surface area (Å²) in [5.41, 5.74) is 1.89. The molecule has 2 heterocycles. The molecule has 1 unspecified atom stereocenters. The van der Waals surface area contributed by atoms with Gasteiger partial charge in [-0.15, -0.1) is 0 Å². The number of furan rings is 1. The minimum Gasteiger partial charge on any atom is -0.486 e. The lowest BCUT2D eigenvalue weighted by atomic mass is 10.1. The average Bonchev–Trinajstić information content (AvgIpc) is 2.87. The summed E-state index contributed by atoms with van der Waals surface area (Å²) < 4.78 is 11.7. The fraction of sp³-hybridized carbons (Fsp3) is 0.353. The third kappa shape index (κ3) is 3.31. The maximum atomic E-state index is 11.0. The van der Waals surface area contributed by atoms with E-state index in [9.17, 15) is 4.79 Å². The number of hydrogen-bond acceptors (Lipinski definition) is 4. The van der Waals surface area contributed by atoms with Crippen molar-refractivity contribution >= 4 is 11.6 Å². The van der Waals surface area contributed by atoms with Gasteiger partial charge in [0.25, 0.3) is 0 Å². The Morgan fingerprint density at radius 2 is 2.09 bits per heavy atom. The number of carbonyl (C=O) groups is 1. The van der Waals surface area contributed by atoms with Gasteiger partial charge in [-0.3, -0.25) is 9.69 Å². The first-order valence-electron chi connectivity index (χ1n) is 7.41. The number of fused-ring (bicyclic) bond motifs is 1. The van der Waals surface area contributed by atoms with E-state index in [1.165, 1.54) is 6.92 Å². The second kappa shape index (κ2) is 6.23. The minimum absolute atomic E-state index is 0.00897. The van der Waals surface area contributed by atoms with Crippen molar-refractivity contribution in [1.29, 1.82) is 0 Å². The van der Waals surface area contributed by atoms with Crippen molar-refractivity contribution in [1.82, 2.24) is 4.90 Å². The highest BCUT2D eigenvalue weighted by Crippen LogP contribution is 2.31. The summed E-state index contributed by atoms with van der Waals surface area (Å²) >= 11 is 0. The molecule has 1 aliphatic rings. The lowest BCUT2D eigenvalue weighted by Crippen LogP contribution is -2.18. The van der Waals surface area contributed by atoms with Crippen molar-refractivity contribution in [3.63, 3.8) is 0 Å². The molecule has 0 spiro atoms. The molecule has 5 heteroatoms. The Hall–Kier alpha value is -2.27. The van der Waals surface area contributed by atoms with Crippen molar-refractivity contribution in [2.45, 2.75) is 26.0 Å². The van der Waals surface area contributed by atoms with Gasteiger partial charge in [0.2, 0.25) is 5.91 Å². The molecule has 0 aliphatic carbocycles. The molecule has 0 radical (unpaired) electrons. The van der Waals surface area contributed by atoms with Gasteiger partial charge < -0.3 is 14.5 Å². The molecule has 1 aliphatic heterocycles. The van der Waals surface area contributed by atoms with Crippen LogP contribution < -0.4 is 10.1 Å². The van der Waals surface area contributed by atoms with Crippen LogP contribution in [0, 0.1) is 0 Å². The number of ether oxygens (including phenoxy) is 1. The Balaban J connectivity index is 1.74. The highest BCUT2D eigenvalue weighted by atomic mass is 16.5. The highest BCUT2D eigenvalue weighted by Gasteiger charge is 2.24. The lowest BCUT2D eigenvalue weighted by Gasteiger charge is -2.18. The van der Waals surface area contributed by atoms with Crippen molar-refractivity contribution in [3.05, 3.63) is 47.9 Å². The van der Waals surface area contributed by atoms with Crippen molar-refractivity contribution < 1.29 is 13.9 Å². The maximum Gasteiger partial charge on any atom is 0.221 e. The van der Waals surface area contributed by atoms with Gasteiger partial charge in [0, 0.05) is 31.1 Å². The number of anilines is 1. The van der Waals surface area contributed by atoms with Gasteiger partial charge in [-0.25, -0.2) is 0 Å². The van der Waals surface area contributed by atoms with Gasteiger partial charge in [-0.2, -0.15) is 0 Å². The van der Waals surface area contributed by atoms with Gasteiger partial charge in [-0.05, 0) is 37.4 Å². The van der Waals surface area contributed by atoms with E-state index >= 15 is 0 Å². The van der Waals surface area contributed by atoms with E-state index in [4.69, 9.17) is 9.15 Å². The average molecular weight is 300 g/mol. The first-order valence-corrected chi connectivity index (χ1v) is 7.41. The summed E-state index contributed by atoms with van der Waals surface area (Å²) in [6.45, 7) is 3.26. The molecule has 1 amide bonds. The molecule has 5 nitrogen and oxygen atoms in total. The molecular formula is C17H20N2O3. The molecule has 116 valence electrons. The third-order valence-corrected chi connectivity index (χ3v) is 3.77. The van der Waals surface area contributed by atoms with Gasteiger partial charge in [0.15, 0.2) is 0 Å². The molecule has 0 saturated heterocycles. The molecule has 2 aromatic rings. The van der Waals surface area contributed by atoms with Gasteiger partial charge in [0.1, 0.15) is 17.6 Å². The number of nitrogens with one attached hydrogen (secondary N) is 1. The smallest absolute Gasteiger partial charge is 0.221 e. The Labute approximate surface area is 129 Å². The molecule has 1 N–H and O–H groups in total. The van der Waals surface area contributed by atoms with Crippen LogP contribution in [0.4, 0.5) is 5.69 Å². The number of nitrogens with zero attached hydrogens (tertiary/aromatic N) is 1. The Morgan fingerprint density at radius 1 is 1.32 bits per heavy atom. The summed E-state index contributed by atoms with van der Waals surface area (Å²) in [4.78, 5) is 13.3. The van der Waals surface area contributed by atoms with Crippen LogP contribution in [0.15, 0.2) is 41.0 Å². The predicted molar refractivity (Wildman–Crippen MR) is 83.8 cm³/mol. The first kappa shape index (κ1) is 14.7. The summed E-state index contributed by atoms with van der Waals surface area (Å²) in [6.07, 6.45) is 2.63. The summed E-state index contributed by atoms with van der Waals surface area (Å²) in [5.74, 6) is 1.68. The first-order chi connectivity index (χ1) is 10.6. The van der Waals surface area contributed by atoms with Gasteiger partial charge >= 0.3 is 0 Å². The van der Waals surface area contributed by atoms with Crippen LogP contribution in [-0.2, 0) is 11.3 Å². The summed E-state index contributed by atoms with van der Waals surface area (Å²) in [5, 5.41) is 2.75. The lowest BCUT2D eigenvalue weighted by molar-refractivity contribution is -0.114. The summed E-state index contributed by atoms with van der Waals surface area (Å²) in [6, 6.07) is 9.43. The SMILES string of the molecule is CC(=O)Nc1ccc(OC2CCN(C)Cc3occc32)cc1. The van der Waals surface area contributed by atoms with E-state index in [-0.39, 0.29) is 12.0 Å². The van der Waals surface area contributed by atoms with E-state index in [1.54, 1.807) is 6.26 Å². The zero-order chi connectivity index (χ0) is 15.5. The molecule has 1 aromatic carbocycles. The fourth-order valence-corrected chi connectivity index (χ4v) is 2.69. The summed E-state index contributed by atoms with van der Waals surface area (Å²) in [7, 11) is 2.08. The molecule has 22 heavy (non-hydrogen) atoms. The number of carbonyl (C=O) groups excluding carboxylic acids is 1. The molecule has 1 atom stereocenters. The zero-order valence-electron chi connectivity index (χ0n) is 12.8. The Morgan fingerprint density at radius 3 is 2.82 bits per heavy atom. The number of hydrogen-bond donors (Lipinski definition) is 1. The molecule has 3 rings (SSSR count). The van der Waals surface area contributed by atoms with Crippen LogP contribution in [0.25, 0.3) is 0 Å². The van der Waals surface area contributed by atoms with Crippen LogP contribution >= 0.6 is 0 Å². The Kier molecular flexibility index (Phi) is 4.15. The van der Waals surface area contributed by atoms with Crippen molar-refractivity contribution in [2.24, 2.45) is 0 Å². The minimum atomic E-state index is -0.0801.